The molecule has 0 heterocycles. The molecule has 1 atom stereocenters. The third kappa shape index (κ3) is 3.46. The normalized spacial score (nSPS) is 22.2. The summed E-state index contributed by atoms with van der Waals surface area (Å²) in [6, 6.07) is 0.674. The fourth-order valence-electron chi connectivity index (χ4n) is 2.71. The van der Waals surface area contributed by atoms with Crippen LogP contribution in [0.25, 0.3) is 0 Å². The third-order valence-corrected chi connectivity index (χ3v) is 3.98. The molecule has 1 rings (SSSR count). The highest BCUT2D eigenvalue weighted by Crippen LogP contribution is 2.33. The van der Waals surface area contributed by atoms with E-state index in [9.17, 15) is 0 Å². The van der Waals surface area contributed by atoms with Crippen molar-refractivity contribution in [1.29, 1.82) is 0 Å². The number of likely N-dealkylation sites (N-methyl/N-ethyl adjacent to an activating group) is 1. The van der Waals surface area contributed by atoms with E-state index in [0.29, 0.717) is 11.6 Å². The van der Waals surface area contributed by atoms with Gasteiger partial charge in [-0.05, 0) is 40.3 Å². The van der Waals surface area contributed by atoms with E-state index in [-0.39, 0.29) is 0 Å². The van der Waals surface area contributed by atoms with Gasteiger partial charge in [-0.2, -0.15) is 0 Å². The van der Waals surface area contributed by atoms with Crippen molar-refractivity contribution in [3.63, 3.8) is 0 Å². The smallest absolute Gasteiger partial charge is 0.0327 e. The van der Waals surface area contributed by atoms with Gasteiger partial charge in [-0.1, -0.05) is 26.2 Å². The van der Waals surface area contributed by atoms with Crippen LogP contribution in [-0.2, 0) is 0 Å². The van der Waals surface area contributed by atoms with Gasteiger partial charge < -0.3 is 10.2 Å². The average Bonchev–Trinajstić information content (AvgIpc) is 2.65. The summed E-state index contributed by atoms with van der Waals surface area (Å²) in [4.78, 5) is 2.44. The van der Waals surface area contributed by atoms with Gasteiger partial charge in [-0.25, -0.2) is 0 Å². The zero-order valence-corrected chi connectivity index (χ0v) is 11.0. The van der Waals surface area contributed by atoms with E-state index in [2.05, 4.69) is 38.2 Å². The summed E-state index contributed by atoms with van der Waals surface area (Å²) in [5, 5.41) is 3.71. The van der Waals surface area contributed by atoms with Crippen LogP contribution in [-0.4, -0.2) is 37.1 Å². The van der Waals surface area contributed by atoms with Gasteiger partial charge in [0.05, 0.1) is 0 Å². The minimum Gasteiger partial charge on any atom is -0.312 e. The van der Waals surface area contributed by atoms with E-state index in [0.717, 1.165) is 0 Å². The molecular formula is C13H28N2. The number of rotatable bonds is 6. The predicted octanol–water partition coefficient (Wildman–Crippen LogP) is 2.64. The lowest BCUT2D eigenvalue weighted by Gasteiger charge is -2.37. The van der Waals surface area contributed by atoms with Crippen molar-refractivity contribution in [3.05, 3.63) is 0 Å². The molecule has 1 fully saturated rings. The van der Waals surface area contributed by atoms with Crippen LogP contribution < -0.4 is 5.32 Å². The lowest BCUT2D eigenvalue weighted by atomic mass is 9.95. The Morgan fingerprint density at radius 3 is 2.33 bits per heavy atom. The first-order valence-electron chi connectivity index (χ1n) is 6.51. The maximum absolute atomic E-state index is 3.71. The van der Waals surface area contributed by atoms with Crippen LogP contribution >= 0.6 is 0 Å². The molecule has 0 aromatic heterocycles. The van der Waals surface area contributed by atoms with Gasteiger partial charge in [0.1, 0.15) is 0 Å². The van der Waals surface area contributed by atoms with Crippen LogP contribution in [0.5, 0.6) is 0 Å². The van der Waals surface area contributed by atoms with Crippen molar-refractivity contribution in [2.75, 3.05) is 20.6 Å². The Bertz CT molecular complexity index is 171. The zero-order chi connectivity index (χ0) is 11.3. The number of nitrogens with zero attached hydrogens (tertiary/aromatic N) is 1. The fraction of sp³-hybridized carbons (Fsp3) is 1.00. The second-order valence-corrected chi connectivity index (χ2v) is 5.40. The summed E-state index contributed by atoms with van der Waals surface area (Å²) in [5.74, 6) is 0. The maximum Gasteiger partial charge on any atom is 0.0327 e. The molecule has 1 aliphatic carbocycles. The second-order valence-electron chi connectivity index (χ2n) is 5.40. The second kappa shape index (κ2) is 5.86. The highest BCUT2D eigenvalue weighted by molar-refractivity contribution is 4.94. The molecule has 0 aromatic rings. The van der Waals surface area contributed by atoms with Gasteiger partial charge in [0.2, 0.25) is 0 Å². The molecule has 2 heteroatoms. The van der Waals surface area contributed by atoms with Gasteiger partial charge >= 0.3 is 0 Å². The molecule has 0 radical (unpaired) electrons. The zero-order valence-electron chi connectivity index (χ0n) is 11.0. The average molecular weight is 212 g/mol. The van der Waals surface area contributed by atoms with Crippen LogP contribution in [0.15, 0.2) is 0 Å². The summed E-state index contributed by atoms with van der Waals surface area (Å²) in [6.45, 7) is 5.73. The van der Waals surface area contributed by atoms with Crippen molar-refractivity contribution in [1.82, 2.24) is 10.2 Å². The summed E-state index contributed by atoms with van der Waals surface area (Å²) in [5.41, 5.74) is 0.446. The summed E-state index contributed by atoms with van der Waals surface area (Å²) >= 11 is 0. The minimum absolute atomic E-state index is 0.446. The van der Waals surface area contributed by atoms with E-state index in [1.54, 1.807) is 0 Å². The molecule has 1 aliphatic rings. The van der Waals surface area contributed by atoms with Crippen LogP contribution in [0.2, 0.25) is 0 Å². The predicted molar refractivity (Wildman–Crippen MR) is 67.3 cm³/mol. The molecule has 0 aliphatic heterocycles. The van der Waals surface area contributed by atoms with Crippen molar-refractivity contribution < 1.29 is 0 Å². The molecule has 1 N–H and O–H groups in total. The van der Waals surface area contributed by atoms with E-state index in [4.69, 9.17) is 0 Å². The van der Waals surface area contributed by atoms with Gasteiger partial charge in [-0.3, -0.25) is 0 Å². The summed E-state index contributed by atoms with van der Waals surface area (Å²) in [6.07, 6.45) is 8.12. The van der Waals surface area contributed by atoms with Crippen LogP contribution in [0.3, 0.4) is 0 Å². The molecule has 0 aromatic carbocycles. The highest BCUT2D eigenvalue weighted by atomic mass is 15.2. The van der Waals surface area contributed by atoms with Crippen molar-refractivity contribution in [2.45, 2.75) is 64.0 Å². The Morgan fingerprint density at radius 2 is 1.87 bits per heavy atom. The standard InChI is InChI=1S/C13H28N2/c1-5-8-12(2)14-11-13(15(3)4)9-6-7-10-13/h12,14H,5-11H2,1-4H3. The molecule has 15 heavy (non-hydrogen) atoms. The highest BCUT2D eigenvalue weighted by Gasteiger charge is 2.35. The molecule has 1 unspecified atom stereocenters. The topological polar surface area (TPSA) is 15.3 Å². The first kappa shape index (κ1) is 13.0. The molecule has 0 bridgehead atoms. The molecule has 0 amide bonds. The summed E-state index contributed by atoms with van der Waals surface area (Å²) < 4.78 is 0. The first-order valence-corrected chi connectivity index (χ1v) is 6.51. The number of hydrogen-bond donors (Lipinski definition) is 1. The maximum atomic E-state index is 3.71. The molecular weight excluding hydrogens is 184 g/mol. The van der Waals surface area contributed by atoms with Crippen LogP contribution in [0.1, 0.15) is 52.4 Å². The SMILES string of the molecule is CCCC(C)NCC1(N(C)C)CCCC1. The van der Waals surface area contributed by atoms with Crippen molar-refractivity contribution in [2.24, 2.45) is 0 Å². The van der Waals surface area contributed by atoms with Crippen molar-refractivity contribution in [3.8, 4) is 0 Å². The van der Waals surface area contributed by atoms with E-state index in [1.807, 2.05) is 0 Å². The Kier molecular flexibility index (Phi) is 5.07. The van der Waals surface area contributed by atoms with E-state index >= 15 is 0 Å². The van der Waals surface area contributed by atoms with Crippen molar-refractivity contribution >= 4 is 0 Å². The van der Waals surface area contributed by atoms with Gasteiger partial charge in [0.25, 0.3) is 0 Å². The van der Waals surface area contributed by atoms with E-state index < -0.39 is 0 Å². The van der Waals surface area contributed by atoms with Gasteiger partial charge in [0.15, 0.2) is 0 Å². The molecule has 90 valence electrons. The monoisotopic (exact) mass is 212 g/mol. The Labute approximate surface area is 95.4 Å². The largest absolute Gasteiger partial charge is 0.312 e. The quantitative estimate of drug-likeness (QED) is 0.728. The fourth-order valence-corrected chi connectivity index (χ4v) is 2.71. The van der Waals surface area contributed by atoms with E-state index in [1.165, 1.54) is 45.1 Å². The summed E-state index contributed by atoms with van der Waals surface area (Å²) in [7, 11) is 4.47. The molecule has 1 saturated carbocycles. The number of nitrogens with one attached hydrogen (secondary N) is 1. The Balaban J connectivity index is 2.39. The Hall–Kier alpha value is -0.0800. The third-order valence-electron chi connectivity index (χ3n) is 3.98. The van der Waals surface area contributed by atoms with Crippen LogP contribution in [0, 0.1) is 0 Å². The lowest BCUT2D eigenvalue weighted by Crippen LogP contribution is -2.51. The first-order chi connectivity index (χ1) is 7.10. The molecule has 2 nitrogen and oxygen atoms in total. The number of hydrogen-bond acceptors (Lipinski definition) is 2. The van der Waals surface area contributed by atoms with Gasteiger partial charge in [0, 0.05) is 18.1 Å². The van der Waals surface area contributed by atoms with Crippen LogP contribution in [0.4, 0.5) is 0 Å². The Morgan fingerprint density at radius 1 is 1.27 bits per heavy atom. The lowest BCUT2D eigenvalue weighted by molar-refractivity contribution is 0.149. The molecule has 0 spiro atoms. The molecule has 0 saturated heterocycles. The van der Waals surface area contributed by atoms with Gasteiger partial charge in [-0.15, -0.1) is 0 Å². The minimum atomic E-state index is 0.446.